The fraction of sp³-hybridized carbons (Fsp3) is 0.370. The molecular weight excluding hydrogens is 467 g/mol. The molecule has 6 nitrogen and oxygen atoms in total. The summed E-state index contributed by atoms with van der Waals surface area (Å²) in [4.78, 5) is 26.3. The molecule has 2 aromatic carbocycles. The van der Waals surface area contributed by atoms with Gasteiger partial charge in [-0.25, -0.2) is 14.8 Å². The summed E-state index contributed by atoms with van der Waals surface area (Å²) in [6.07, 6.45) is -4.41. The van der Waals surface area contributed by atoms with Gasteiger partial charge in [0.25, 0.3) is 0 Å². The van der Waals surface area contributed by atoms with Crippen LogP contribution in [-0.4, -0.2) is 47.1 Å². The number of rotatable bonds is 4. The predicted octanol–water partition coefficient (Wildman–Crippen LogP) is 6.26. The van der Waals surface area contributed by atoms with Crippen molar-refractivity contribution in [3.8, 4) is 11.4 Å². The number of hydrogen-bond acceptors (Lipinski definition) is 4. The molecule has 0 radical (unpaired) electrons. The number of anilines is 2. The van der Waals surface area contributed by atoms with Crippen molar-refractivity contribution in [2.24, 2.45) is 0 Å². The zero-order chi connectivity index (χ0) is 26.0. The molecule has 9 heteroatoms. The number of amides is 2. The van der Waals surface area contributed by atoms with Gasteiger partial charge >= 0.3 is 12.2 Å². The number of alkyl halides is 3. The number of benzene rings is 2. The van der Waals surface area contributed by atoms with Crippen LogP contribution in [0.25, 0.3) is 11.4 Å². The summed E-state index contributed by atoms with van der Waals surface area (Å²) in [5.41, 5.74) is 3.70. The van der Waals surface area contributed by atoms with E-state index in [9.17, 15) is 18.0 Å². The molecule has 1 fully saturated rings. The number of carbonyl (C=O) groups excluding carboxylic acids is 1. The van der Waals surface area contributed by atoms with Crippen molar-refractivity contribution in [3.63, 3.8) is 0 Å². The maximum absolute atomic E-state index is 12.8. The van der Waals surface area contributed by atoms with Gasteiger partial charge in [-0.05, 0) is 50.1 Å². The number of aryl methyl sites for hydroxylation is 2. The zero-order valence-electron chi connectivity index (χ0n) is 20.9. The van der Waals surface area contributed by atoms with Crippen molar-refractivity contribution in [2.45, 2.75) is 39.8 Å². The van der Waals surface area contributed by atoms with E-state index in [1.54, 1.807) is 4.90 Å². The quantitative estimate of drug-likeness (QED) is 0.462. The molecule has 1 aliphatic rings. The number of nitrogens with zero attached hydrogens (tertiary/aromatic N) is 4. The number of urea groups is 1. The van der Waals surface area contributed by atoms with Crippen LogP contribution in [0.5, 0.6) is 0 Å². The molecule has 0 aliphatic carbocycles. The third-order valence-electron chi connectivity index (χ3n) is 6.30. The monoisotopic (exact) mass is 497 g/mol. The Bertz CT molecular complexity index is 1230. The number of piperazine rings is 1. The molecule has 190 valence electrons. The van der Waals surface area contributed by atoms with Crippen LogP contribution in [0.1, 0.15) is 42.1 Å². The first-order chi connectivity index (χ1) is 17.0. The molecule has 1 aromatic heterocycles. The summed E-state index contributed by atoms with van der Waals surface area (Å²) < 4.78 is 38.3. The fourth-order valence-electron chi connectivity index (χ4n) is 4.46. The third-order valence-corrected chi connectivity index (χ3v) is 6.30. The highest BCUT2D eigenvalue weighted by Crippen LogP contribution is 2.32. The predicted molar refractivity (Wildman–Crippen MR) is 135 cm³/mol. The van der Waals surface area contributed by atoms with E-state index >= 15 is 0 Å². The van der Waals surface area contributed by atoms with Gasteiger partial charge in [-0.2, -0.15) is 13.2 Å². The second-order valence-electron chi connectivity index (χ2n) is 9.37. The van der Waals surface area contributed by atoms with Crippen molar-refractivity contribution in [1.82, 2.24) is 14.9 Å². The maximum Gasteiger partial charge on any atom is 0.416 e. The molecule has 0 atom stereocenters. The normalized spacial score (nSPS) is 14.3. The van der Waals surface area contributed by atoms with Gasteiger partial charge in [0, 0.05) is 48.7 Å². The Hall–Kier alpha value is -3.62. The Balaban J connectivity index is 1.48. The van der Waals surface area contributed by atoms with Crippen LogP contribution in [0.3, 0.4) is 0 Å². The number of carbonyl (C=O) groups is 1. The van der Waals surface area contributed by atoms with E-state index in [2.05, 4.69) is 30.1 Å². The van der Waals surface area contributed by atoms with Crippen molar-refractivity contribution in [1.29, 1.82) is 0 Å². The molecule has 36 heavy (non-hydrogen) atoms. The van der Waals surface area contributed by atoms with Crippen molar-refractivity contribution in [2.75, 3.05) is 36.4 Å². The Labute approximate surface area is 209 Å². The number of aromatic nitrogens is 2. The minimum absolute atomic E-state index is 0.229. The van der Waals surface area contributed by atoms with Crippen LogP contribution in [0.2, 0.25) is 0 Å². The highest BCUT2D eigenvalue weighted by molar-refractivity contribution is 5.89. The summed E-state index contributed by atoms with van der Waals surface area (Å²) in [5, 5.41) is 2.70. The summed E-state index contributed by atoms with van der Waals surface area (Å²) >= 11 is 0. The highest BCUT2D eigenvalue weighted by atomic mass is 19.4. The fourth-order valence-corrected chi connectivity index (χ4v) is 4.46. The molecule has 1 aliphatic heterocycles. The lowest BCUT2D eigenvalue weighted by Gasteiger charge is -2.37. The third kappa shape index (κ3) is 5.61. The standard InChI is InChI=1S/C27H30F3N5O/c1-17(2)23-19(4)31-24(20-7-5-6-18(3)16-20)33-25(23)34-12-14-35(15-13-34)26(36)32-22-10-8-21(9-11-22)27(28,29)30/h5-11,16-17H,12-15H2,1-4H3,(H,32,36). The Morgan fingerprint density at radius 1 is 0.972 bits per heavy atom. The van der Waals surface area contributed by atoms with Gasteiger partial charge < -0.3 is 15.1 Å². The molecule has 3 aromatic rings. The van der Waals surface area contributed by atoms with Crippen molar-refractivity contribution < 1.29 is 18.0 Å². The zero-order valence-corrected chi connectivity index (χ0v) is 20.9. The smallest absolute Gasteiger partial charge is 0.353 e. The largest absolute Gasteiger partial charge is 0.416 e. The van der Waals surface area contributed by atoms with Gasteiger partial charge in [0.05, 0.1) is 5.56 Å². The Morgan fingerprint density at radius 2 is 1.64 bits per heavy atom. The van der Waals surface area contributed by atoms with Crippen LogP contribution in [0, 0.1) is 13.8 Å². The molecular formula is C27H30F3N5O. The summed E-state index contributed by atoms with van der Waals surface area (Å²) in [6, 6.07) is 12.2. The van der Waals surface area contributed by atoms with Crippen LogP contribution < -0.4 is 10.2 Å². The van der Waals surface area contributed by atoms with Gasteiger partial charge in [0.15, 0.2) is 5.82 Å². The Morgan fingerprint density at radius 3 is 2.22 bits per heavy atom. The topological polar surface area (TPSA) is 61.4 Å². The first kappa shape index (κ1) is 25.5. The SMILES string of the molecule is Cc1cccc(-c2nc(C)c(C(C)C)c(N3CCN(C(=O)Nc4ccc(C(F)(F)F)cc4)CC3)n2)c1. The second-order valence-corrected chi connectivity index (χ2v) is 9.37. The lowest BCUT2D eigenvalue weighted by atomic mass is 10.0. The van der Waals surface area contributed by atoms with Crippen molar-refractivity contribution in [3.05, 3.63) is 70.9 Å². The van der Waals surface area contributed by atoms with Gasteiger partial charge in [-0.15, -0.1) is 0 Å². The first-order valence-electron chi connectivity index (χ1n) is 12.0. The van der Waals surface area contributed by atoms with E-state index in [0.717, 1.165) is 40.3 Å². The lowest BCUT2D eigenvalue weighted by Crippen LogP contribution is -2.50. The molecule has 0 unspecified atom stereocenters. The molecule has 1 N–H and O–H groups in total. The number of nitrogens with one attached hydrogen (secondary N) is 1. The summed E-state index contributed by atoms with van der Waals surface area (Å²) in [6.45, 7) is 10.4. The van der Waals surface area contributed by atoms with E-state index < -0.39 is 11.7 Å². The summed E-state index contributed by atoms with van der Waals surface area (Å²) in [7, 11) is 0. The van der Waals surface area contributed by atoms with Gasteiger partial charge in [0.1, 0.15) is 5.82 Å². The molecule has 0 saturated carbocycles. The molecule has 0 bridgehead atoms. The molecule has 2 amide bonds. The van der Waals surface area contributed by atoms with Gasteiger partial charge in [0.2, 0.25) is 0 Å². The minimum atomic E-state index is -4.41. The average molecular weight is 498 g/mol. The minimum Gasteiger partial charge on any atom is -0.353 e. The molecule has 1 saturated heterocycles. The van der Waals surface area contributed by atoms with E-state index in [1.807, 2.05) is 32.0 Å². The molecule has 4 rings (SSSR count). The Kier molecular flexibility index (Phi) is 7.19. The van der Waals surface area contributed by atoms with E-state index in [4.69, 9.17) is 9.97 Å². The van der Waals surface area contributed by atoms with Gasteiger partial charge in [-0.3, -0.25) is 0 Å². The second kappa shape index (κ2) is 10.2. The summed E-state index contributed by atoms with van der Waals surface area (Å²) in [5.74, 6) is 1.79. The van der Waals surface area contributed by atoms with Crippen LogP contribution in [0.15, 0.2) is 48.5 Å². The number of halogens is 3. The highest BCUT2D eigenvalue weighted by Gasteiger charge is 2.30. The first-order valence-corrected chi connectivity index (χ1v) is 12.0. The van der Waals surface area contributed by atoms with Crippen LogP contribution in [-0.2, 0) is 6.18 Å². The van der Waals surface area contributed by atoms with Crippen molar-refractivity contribution >= 4 is 17.5 Å². The van der Waals surface area contributed by atoms with E-state index in [0.29, 0.717) is 37.7 Å². The van der Waals surface area contributed by atoms with Gasteiger partial charge in [-0.1, -0.05) is 37.6 Å². The van der Waals surface area contributed by atoms with E-state index in [1.165, 1.54) is 12.1 Å². The molecule has 2 heterocycles. The van der Waals surface area contributed by atoms with Crippen LogP contribution >= 0.6 is 0 Å². The number of hydrogen-bond donors (Lipinski definition) is 1. The molecule has 0 spiro atoms. The van der Waals surface area contributed by atoms with Crippen LogP contribution in [0.4, 0.5) is 29.5 Å². The van der Waals surface area contributed by atoms with E-state index in [-0.39, 0.29) is 11.9 Å². The average Bonchev–Trinajstić information content (AvgIpc) is 2.83. The lowest BCUT2D eigenvalue weighted by molar-refractivity contribution is -0.137. The maximum atomic E-state index is 12.8.